The summed E-state index contributed by atoms with van der Waals surface area (Å²) in [5, 5.41) is 5.87. The summed E-state index contributed by atoms with van der Waals surface area (Å²) in [6.07, 6.45) is 3.24. The van der Waals surface area contributed by atoms with Gasteiger partial charge < -0.3 is 20.3 Å². The van der Waals surface area contributed by atoms with E-state index in [1.165, 1.54) is 12.8 Å². The molecular formula is C25H28N4O4. The maximum absolute atomic E-state index is 12.7. The molecule has 2 N–H and O–H groups in total. The molecule has 1 unspecified atom stereocenters. The number of benzene rings is 2. The van der Waals surface area contributed by atoms with Crippen molar-refractivity contribution >= 4 is 35.1 Å². The molecule has 0 bridgehead atoms. The molecular weight excluding hydrogens is 420 g/mol. The molecule has 2 heterocycles. The molecule has 4 amide bonds. The Hall–Kier alpha value is -3.55. The van der Waals surface area contributed by atoms with Crippen LogP contribution in [-0.2, 0) is 16.0 Å². The molecule has 2 fully saturated rings. The van der Waals surface area contributed by atoms with E-state index in [4.69, 9.17) is 4.74 Å². The van der Waals surface area contributed by atoms with Gasteiger partial charge in [0.15, 0.2) is 0 Å². The summed E-state index contributed by atoms with van der Waals surface area (Å²) in [4.78, 5) is 40.4. The summed E-state index contributed by atoms with van der Waals surface area (Å²) in [6, 6.07) is 12.7. The number of ether oxygens (including phenoxy) is 1. The molecule has 2 aromatic carbocycles. The largest absolute Gasteiger partial charge is 0.447 e. The van der Waals surface area contributed by atoms with Crippen LogP contribution in [0.2, 0.25) is 0 Å². The zero-order valence-corrected chi connectivity index (χ0v) is 18.7. The highest BCUT2D eigenvalue weighted by Gasteiger charge is 2.31. The number of carbonyl (C=O) groups is 3. The molecule has 8 heteroatoms. The number of hydrogen-bond acceptors (Lipinski definition) is 4. The van der Waals surface area contributed by atoms with Gasteiger partial charge in [-0.25, -0.2) is 9.59 Å². The highest BCUT2D eigenvalue weighted by Crippen LogP contribution is 2.36. The average molecular weight is 449 g/mol. The van der Waals surface area contributed by atoms with Gasteiger partial charge in [0.25, 0.3) is 0 Å². The lowest BCUT2D eigenvalue weighted by atomic mass is 10.00. The molecule has 172 valence electrons. The summed E-state index contributed by atoms with van der Waals surface area (Å²) in [7, 11) is 0. The number of carbonyl (C=O) groups excluding carboxylic acids is 3. The van der Waals surface area contributed by atoms with E-state index in [9.17, 15) is 14.4 Å². The minimum Gasteiger partial charge on any atom is -0.447 e. The Labute approximate surface area is 192 Å². The number of rotatable bonds is 6. The Morgan fingerprint density at radius 1 is 1.15 bits per heavy atom. The van der Waals surface area contributed by atoms with Gasteiger partial charge >= 0.3 is 12.1 Å². The number of anilines is 3. The first-order chi connectivity index (χ1) is 16.0. The zero-order valence-electron chi connectivity index (χ0n) is 18.7. The summed E-state index contributed by atoms with van der Waals surface area (Å²) < 4.78 is 5.01. The third-order valence-electron chi connectivity index (χ3n) is 6.47. The normalized spacial score (nSPS) is 18.6. The van der Waals surface area contributed by atoms with Crippen molar-refractivity contribution in [2.24, 2.45) is 5.92 Å². The van der Waals surface area contributed by atoms with E-state index in [1.807, 2.05) is 54.3 Å². The second-order valence-electron chi connectivity index (χ2n) is 8.97. The predicted octanol–water partition coefficient (Wildman–Crippen LogP) is 4.22. The fraction of sp³-hybridized carbons (Fsp3) is 0.400. The number of aryl methyl sites for hydroxylation is 1. The van der Waals surface area contributed by atoms with Crippen LogP contribution in [0.15, 0.2) is 42.5 Å². The summed E-state index contributed by atoms with van der Waals surface area (Å²) >= 11 is 0. The van der Waals surface area contributed by atoms with Crippen LogP contribution in [0.5, 0.6) is 0 Å². The van der Waals surface area contributed by atoms with Crippen molar-refractivity contribution in [1.29, 1.82) is 0 Å². The van der Waals surface area contributed by atoms with Crippen molar-refractivity contribution in [2.45, 2.75) is 38.6 Å². The van der Waals surface area contributed by atoms with Crippen LogP contribution in [0.3, 0.4) is 0 Å². The van der Waals surface area contributed by atoms with Gasteiger partial charge in [0.1, 0.15) is 6.61 Å². The predicted molar refractivity (Wildman–Crippen MR) is 126 cm³/mol. The van der Waals surface area contributed by atoms with E-state index in [2.05, 4.69) is 10.6 Å². The maximum atomic E-state index is 12.7. The number of nitrogens with one attached hydrogen (secondary N) is 2. The van der Waals surface area contributed by atoms with Crippen LogP contribution in [0, 0.1) is 5.92 Å². The molecule has 1 atom stereocenters. The van der Waals surface area contributed by atoms with Crippen molar-refractivity contribution in [3.05, 3.63) is 53.6 Å². The monoisotopic (exact) mass is 448 g/mol. The van der Waals surface area contributed by atoms with E-state index in [0.717, 1.165) is 29.0 Å². The van der Waals surface area contributed by atoms with Crippen LogP contribution in [0.4, 0.5) is 26.7 Å². The molecule has 1 aliphatic carbocycles. The van der Waals surface area contributed by atoms with Crippen molar-refractivity contribution in [1.82, 2.24) is 5.32 Å². The fourth-order valence-corrected chi connectivity index (χ4v) is 4.43. The molecule has 0 aromatic heterocycles. The second kappa shape index (κ2) is 8.77. The molecule has 3 aliphatic rings. The molecule has 1 saturated heterocycles. The molecule has 5 rings (SSSR count). The van der Waals surface area contributed by atoms with Gasteiger partial charge in [0.2, 0.25) is 5.91 Å². The van der Waals surface area contributed by atoms with E-state index >= 15 is 0 Å². The van der Waals surface area contributed by atoms with E-state index < -0.39 is 0 Å². The Kier molecular flexibility index (Phi) is 5.66. The van der Waals surface area contributed by atoms with Gasteiger partial charge in [-0.15, -0.1) is 0 Å². The van der Waals surface area contributed by atoms with E-state index in [0.29, 0.717) is 37.6 Å². The number of amides is 4. The third kappa shape index (κ3) is 4.65. The number of hydrogen-bond donors (Lipinski definition) is 2. The topological polar surface area (TPSA) is 91.0 Å². The van der Waals surface area contributed by atoms with Crippen molar-refractivity contribution < 1.29 is 19.1 Å². The maximum Gasteiger partial charge on any atom is 0.414 e. The van der Waals surface area contributed by atoms with Gasteiger partial charge in [-0.3, -0.25) is 9.69 Å². The second-order valence-corrected chi connectivity index (χ2v) is 8.97. The van der Waals surface area contributed by atoms with Crippen LogP contribution < -0.4 is 20.4 Å². The molecule has 0 spiro atoms. The van der Waals surface area contributed by atoms with Gasteiger partial charge in [-0.2, -0.15) is 0 Å². The molecule has 33 heavy (non-hydrogen) atoms. The molecule has 2 aromatic rings. The van der Waals surface area contributed by atoms with Gasteiger partial charge in [-0.05, 0) is 73.6 Å². The molecule has 2 aliphatic heterocycles. The van der Waals surface area contributed by atoms with Crippen LogP contribution in [-0.4, -0.2) is 37.7 Å². The summed E-state index contributed by atoms with van der Waals surface area (Å²) in [6.45, 7) is 3.60. The highest BCUT2D eigenvalue weighted by atomic mass is 16.6. The van der Waals surface area contributed by atoms with E-state index in [-0.39, 0.29) is 24.1 Å². The average Bonchev–Trinajstić information content (AvgIpc) is 3.53. The first kappa shape index (κ1) is 21.3. The third-order valence-corrected chi connectivity index (χ3v) is 6.47. The Morgan fingerprint density at radius 3 is 2.76 bits per heavy atom. The quantitative estimate of drug-likeness (QED) is 0.692. The Morgan fingerprint density at radius 2 is 2.00 bits per heavy atom. The van der Waals surface area contributed by atoms with Gasteiger partial charge in [-0.1, -0.05) is 12.1 Å². The van der Waals surface area contributed by atoms with Crippen LogP contribution >= 0.6 is 0 Å². The Bertz CT molecular complexity index is 1100. The molecule has 1 saturated carbocycles. The van der Waals surface area contributed by atoms with Crippen LogP contribution in [0.25, 0.3) is 0 Å². The first-order valence-corrected chi connectivity index (χ1v) is 11.5. The first-order valence-electron chi connectivity index (χ1n) is 11.5. The smallest absolute Gasteiger partial charge is 0.414 e. The Balaban J connectivity index is 1.23. The van der Waals surface area contributed by atoms with Gasteiger partial charge in [0.05, 0.1) is 12.6 Å². The highest BCUT2D eigenvalue weighted by molar-refractivity contribution is 5.97. The van der Waals surface area contributed by atoms with Crippen molar-refractivity contribution in [3.63, 3.8) is 0 Å². The summed E-state index contributed by atoms with van der Waals surface area (Å²) in [5.74, 6) is 0.811. The standard InChI is InChI=1S/C25H28N4O4/c1-16(18-3-2-4-21(14-18)28-11-12-33-25(28)32)26-24(31)27-20-8-9-22-19(13-20)7-10-23(30)29(22)15-17-5-6-17/h2-4,8-9,13-14,16-17H,5-7,10-12,15H2,1H3,(H2,26,27,31). The lowest BCUT2D eigenvalue weighted by Crippen LogP contribution is -2.36. The van der Waals surface area contributed by atoms with Gasteiger partial charge in [0, 0.05) is 30.0 Å². The fourth-order valence-electron chi connectivity index (χ4n) is 4.43. The van der Waals surface area contributed by atoms with Crippen molar-refractivity contribution in [3.8, 4) is 0 Å². The minimum absolute atomic E-state index is 0.186. The number of nitrogens with zero attached hydrogens (tertiary/aromatic N) is 2. The number of fused-ring (bicyclic) bond motifs is 1. The molecule has 0 radical (unpaired) electrons. The number of cyclic esters (lactones) is 1. The minimum atomic E-state index is -0.352. The summed E-state index contributed by atoms with van der Waals surface area (Å²) in [5.41, 5.74) is 4.40. The van der Waals surface area contributed by atoms with Crippen molar-refractivity contribution in [2.75, 3.05) is 34.8 Å². The van der Waals surface area contributed by atoms with Crippen LogP contribution in [0.1, 0.15) is 43.4 Å². The SMILES string of the molecule is CC(NC(=O)Nc1ccc2c(c1)CCC(=O)N2CC1CC1)c1cccc(N2CCOC2=O)c1. The van der Waals surface area contributed by atoms with E-state index in [1.54, 1.807) is 4.90 Å². The molecule has 8 nitrogen and oxygen atoms in total. The lowest BCUT2D eigenvalue weighted by molar-refractivity contribution is -0.119. The number of urea groups is 1. The zero-order chi connectivity index (χ0) is 22.9. The lowest BCUT2D eigenvalue weighted by Gasteiger charge is -2.30.